The first-order valence-corrected chi connectivity index (χ1v) is 9.48. The first-order valence-electron chi connectivity index (χ1n) is 9.48. The molecule has 1 heterocycles. The Labute approximate surface area is 169 Å². The standard InChI is InChI=1S/C24H22N4O/c1-27(2)20-14-12-19(13-15-20)17-25-28-24(29)22-11-7-6-10-21(22)23(26-28)16-18-8-4-3-5-9-18/h3-15,17H,16H2,1-2H3. The number of rotatable bonds is 5. The number of hydrogen-bond donors (Lipinski definition) is 0. The van der Waals surface area contributed by atoms with Crippen LogP contribution in [0.15, 0.2) is 88.8 Å². The average molecular weight is 382 g/mol. The van der Waals surface area contributed by atoms with E-state index in [1.807, 2.05) is 85.7 Å². The molecule has 0 aliphatic carbocycles. The summed E-state index contributed by atoms with van der Waals surface area (Å²) in [6, 6.07) is 25.6. The summed E-state index contributed by atoms with van der Waals surface area (Å²) in [6.07, 6.45) is 2.30. The van der Waals surface area contributed by atoms with E-state index in [0.29, 0.717) is 11.8 Å². The Balaban J connectivity index is 1.74. The maximum atomic E-state index is 12.9. The van der Waals surface area contributed by atoms with Crippen LogP contribution < -0.4 is 10.5 Å². The molecule has 5 nitrogen and oxygen atoms in total. The first-order chi connectivity index (χ1) is 14.1. The molecule has 0 spiro atoms. The molecule has 4 rings (SSSR count). The van der Waals surface area contributed by atoms with Crippen molar-refractivity contribution in [1.82, 2.24) is 9.89 Å². The monoisotopic (exact) mass is 382 g/mol. The van der Waals surface area contributed by atoms with E-state index < -0.39 is 0 Å². The highest BCUT2D eigenvalue weighted by atomic mass is 16.1. The predicted molar refractivity (Wildman–Crippen MR) is 119 cm³/mol. The SMILES string of the molecule is CN(C)c1ccc(C=Nn2nc(Cc3ccccc3)c3ccccc3c2=O)cc1. The van der Waals surface area contributed by atoms with Gasteiger partial charge in [0.05, 0.1) is 17.3 Å². The lowest BCUT2D eigenvalue weighted by molar-refractivity contribution is 0.679. The third kappa shape index (κ3) is 4.09. The van der Waals surface area contributed by atoms with Gasteiger partial charge in [-0.1, -0.05) is 60.7 Å². The van der Waals surface area contributed by atoms with Crippen LogP contribution in [0.3, 0.4) is 0 Å². The van der Waals surface area contributed by atoms with Crippen LogP contribution in [0.1, 0.15) is 16.8 Å². The smallest absolute Gasteiger partial charge is 0.295 e. The van der Waals surface area contributed by atoms with Gasteiger partial charge in [0.15, 0.2) is 0 Å². The molecule has 0 amide bonds. The fourth-order valence-electron chi connectivity index (χ4n) is 3.22. The van der Waals surface area contributed by atoms with Crippen LogP contribution in [0, 0.1) is 0 Å². The molecule has 0 fully saturated rings. The summed E-state index contributed by atoms with van der Waals surface area (Å²) in [4.78, 5) is 16.1. The molecule has 5 heteroatoms. The second-order valence-electron chi connectivity index (χ2n) is 7.08. The second kappa shape index (κ2) is 8.10. The van der Waals surface area contributed by atoms with Crippen LogP contribution in [0.5, 0.6) is 0 Å². The highest BCUT2D eigenvalue weighted by Crippen LogP contribution is 2.17. The first kappa shape index (κ1) is 18.6. The molecule has 0 aliphatic heterocycles. The number of benzene rings is 3. The number of anilines is 1. The summed E-state index contributed by atoms with van der Waals surface area (Å²) in [5.41, 5.74) is 3.75. The Bertz CT molecular complexity index is 1210. The molecule has 0 bridgehead atoms. The molecular weight excluding hydrogens is 360 g/mol. The summed E-state index contributed by atoms with van der Waals surface area (Å²) >= 11 is 0. The van der Waals surface area contributed by atoms with Gasteiger partial charge in [0, 0.05) is 31.6 Å². The zero-order valence-electron chi connectivity index (χ0n) is 16.5. The summed E-state index contributed by atoms with van der Waals surface area (Å²) in [5.74, 6) is 0. The Hall–Kier alpha value is -3.73. The van der Waals surface area contributed by atoms with Gasteiger partial charge in [0.2, 0.25) is 0 Å². The van der Waals surface area contributed by atoms with Crippen molar-refractivity contribution in [3.63, 3.8) is 0 Å². The van der Waals surface area contributed by atoms with Crippen LogP contribution in [0.4, 0.5) is 5.69 Å². The molecule has 3 aromatic carbocycles. The van der Waals surface area contributed by atoms with E-state index in [1.54, 1.807) is 6.21 Å². The van der Waals surface area contributed by atoms with Gasteiger partial charge in [-0.25, -0.2) is 0 Å². The predicted octanol–water partition coefficient (Wildman–Crippen LogP) is 3.94. The van der Waals surface area contributed by atoms with Gasteiger partial charge in [-0.15, -0.1) is 4.79 Å². The quantitative estimate of drug-likeness (QED) is 0.491. The zero-order valence-corrected chi connectivity index (χ0v) is 16.5. The highest BCUT2D eigenvalue weighted by molar-refractivity contribution is 5.84. The largest absolute Gasteiger partial charge is 0.378 e. The van der Waals surface area contributed by atoms with Gasteiger partial charge in [0.25, 0.3) is 5.56 Å². The van der Waals surface area contributed by atoms with Crippen LogP contribution in [-0.4, -0.2) is 30.2 Å². The maximum absolute atomic E-state index is 12.9. The zero-order chi connectivity index (χ0) is 20.2. The molecule has 0 radical (unpaired) electrons. The second-order valence-corrected chi connectivity index (χ2v) is 7.08. The molecule has 0 unspecified atom stereocenters. The normalized spacial score (nSPS) is 11.2. The Morgan fingerprint density at radius 3 is 2.24 bits per heavy atom. The fraction of sp³-hybridized carbons (Fsp3) is 0.125. The molecule has 0 aliphatic rings. The molecule has 0 saturated heterocycles. The Morgan fingerprint density at radius 1 is 0.897 bits per heavy atom. The Morgan fingerprint density at radius 2 is 1.55 bits per heavy atom. The lowest BCUT2D eigenvalue weighted by Gasteiger charge is -2.11. The average Bonchev–Trinajstić information content (AvgIpc) is 2.76. The summed E-state index contributed by atoms with van der Waals surface area (Å²) < 4.78 is 0. The third-order valence-electron chi connectivity index (χ3n) is 4.81. The van der Waals surface area contributed by atoms with Crippen molar-refractivity contribution in [2.75, 3.05) is 19.0 Å². The van der Waals surface area contributed by atoms with Gasteiger partial charge in [-0.05, 0) is 29.3 Å². The molecule has 144 valence electrons. The van der Waals surface area contributed by atoms with Gasteiger partial charge < -0.3 is 4.90 Å². The van der Waals surface area contributed by atoms with Crippen molar-refractivity contribution in [2.24, 2.45) is 5.10 Å². The van der Waals surface area contributed by atoms with Crippen LogP contribution >= 0.6 is 0 Å². The van der Waals surface area contributed by atoms with E-state index in [1.165, 1.54) is 4.79 Å². The lowest BCUT2D eigenvalue weighted by atomic mass is 10.0. The van der Waals surface area contributed by atoms with Crippen molar-refractivity contribution in [3.8, 4) is 0 Å². The molecule has 1 aromatic heterocycles. The van der Waals surface area contributed by atoms with E-state index >= 15 is 0 Å². The van der Waals surface area contributed by atoms with Gasteiger partial charge >= 0.3 is 0 Å². The van der Waals surface area contributed by atoms with Crippen molar-refractivity contribution in [3.05, 3.63) is 106 Å². The van der Waals surface area contributed by atoms with E-state index in [2.05, 4.69) is 22.3 Å². The molecule has 29 heavy (non-hydrogen) atoms. The van der Waals surface area contributed by atoms with Gasteiger partial charge in [-0.3, -0.25) is 4.79 Å². The van der Waals surface area contributed by atoms with Crippen molar-refractivity contribution < 1.29 is 0 Å². The number of nitrogens with zero attached hydrogens (tertiary/aromatic N) is 4. The minimum Gasteiger partial charge on any atom is -0.378 e. The van der Waals surface area contributed by atoms with Crippen molar-refractivity contribution >= 4 is 22.7 Å². The topological polar surface area (TPSA) is 50.5 Å². The minimum atomic E-state index is -0.224. The molecule has 4 aromatic rings. The number of aromatic nitrogens is 2. The van der Waals surface area contributed by atoms with Crippen LogP contribution in [-0.2, 0) is 6.42 Å². The fourth-order valence-corrected chi connectivity index (χ4v) is 3.22. The van der Waals surface area contributed by atoms with Crippen LogP contribution in [0.2, 0.25) is 0 Å². The van der Waals surface area contributed by atoms with Crippen molar-refractivity contribution in [1.29, 1.82) is 0 Å². The minimum absolute atomic E-state index is 0.224. The Kier molecular flexibility index (Phi) is 5.20. The van der Waals surface area contributed by atoms with Crippen LogP contribution in [0.25, 0.3) is 10.8 Å². The van der Waals surface area contributed by atoms with E-state index in [0.717, 1.165) is 27.9 Å². The van der Waals surface area contributed by atoms with E-state index in [-0.39, 0.29) is 5.56 Å². The van der Waals surface area contributed by atoms with Gasteiger partial charge in [0.1, 0.15) is 0 Å². The summed E-state index contributed by atoms with van der Waals surface area (Å²) in [6.45, 7) is 0. The highest BCUT2D eigenvalue weighted by Gasteiger charge is 2.10. The molecule has 0 N–H and O–H groups in total. The third-order valence-corrected chi connectivity index (χ3v) is 4.81. The number of fused-ring (bicyclic) bond motifs is 1. The van der Waals surface area contributed by atoms with E-state index in [9.17, 15) is 4.79 Å². The molecule has 0 atom stereocenters. The maximum Gasteiger partial charge on any atom is 0.295 e. The van der Waals surface area contributed by atoms with E-state index in [4.69, 9.17) is 0 Å². The summed E-state index contributed by atoms with van der Waals surface area (Å²) in [7, 11) is 3.99. The van der Waals surface area contributed by atoms with Crippen molar-refractivity contribution in [2.45, 2.75) is 6.42 Å². The molecular formula is C24H22N4O. The molecule has 0 saturated carbocycles. The van der Waals surface area contributed by atoms with Gasteiger partial charge in [-0.2, -0.15) is 10.2 Å². The lowest BCUT2D eigenvalue weighted by Crippen LogP contribution is -2.21. The number of hydrogen-bond acceptors (Lipinski definition) is 4. The summed E-state index contributed by atoms with van der Waals surface area (Å²) in [5, 5.41) is 10.4.